The van der Waals surface area contributed by atoms with Crippen LogP contribution in [0.2, 0.25) is 0 Å². The van der Waals surface area contributed by atoms with Gasteiger partial charge in [0, 0.05) is 66.7 Å². The van der Waals surface area contributed by atoms with Gasteiger partial charge in [0.05, 0.1) is 11.4 Å². The molecule has 11 aromatic carbocycles. The molecule has 0 saturated heterocycles. The highest BCUT2D eigenvalue weighted by Crippen LogP contribution is 2.52. The van der Waals surface area contributed by atoms with Gasteiger partial charge in [-0.2, -0.15) is 0 Å². The van der Waals surface area contributed by atoms with E-state index in [-0.39, 0.29) is 5.41 Å². The molecule has 0 amide bonds. The number of rotatable bonds is 8. The van der Waals surface area contributed by atoms with Gasteiger partial charge in [0.1, 0.15) is 16.7 Å². The minimum absolute atomic E-state index is 0.117. The summed E-state index contributed by atoms with van der Waals surface area (Å²) >= 11 is 0. The van der Waals surface area contributed by atoms with Crippen molar-refractivity contribution < 1.29 is 8.83 Å². The van der Waals surface area contributed by atoms with E-state index in [4.69, 9.17) is 8.83 Å². The Bertz CT molecular complexity index is 4450. The number of furan rings is 2. The summed E-state index contributed by atoms with van der Waals surface area (Å²) in [5, 5.41) is 6.90. The van der Waals surface area contributed by atoms with Crippen LogP contribution < -0.4 is 9.80 Å². The average molecular weight is 963 g/mol. The summed E-state index contributed by atoms with van der Waals surface area (Å²) in [5.41, 5.74) is 22.4. The molecule has 4 nitrogen and oxygen atoms in total. The van der Waals surface area contributed by atoms with Crippen molar-refractivity contribution in [2.75, 3.05) is 9.80 Å². The Kier molecular flexibility index (Phi) is 9.71. The molecule has 75 heavy (non-hydrogen) atoms. The van der Waals surface area contributed by atoms with Gasteiger partial charge in [-0.05, 0) is 147 Å². The lowest BCUT2D eigenvalue weighted by Gasteiger charge is -2.28. The molecule has 0 N–H and O–H groups in total. The van der Waals surface area contributed by atoms with E-state index >= 15 is 0 Å². The van der Waals surface area contributed by atoms with Crippen LogP contribution in [0.25, 0.3) is 94.1 Å². The van der Waals surface area contributed by atoms with Gasteiger partial charge in [0.2, 0.25) is 0 Å². The van der Waals surface area contributed by atoms with Crippen molar-refractivity contribution in [1.29, 1.82) is 0 Å². The Morgan fingerprint density at radius 2 is 1.01 bits per heavy atom. The van der Waals surface area contributed by atoms with Crippen molar-refractivity contribution in [3.63, 3.8) is 0 Å². The molecule has 0 spiro atoms. The third-order valence-corrected chi connectivity index (χ3v) is 16.1. The van der Waals surface area contributed by atoms with Gasteiger partial charge in [-0.1, -0.05) is 172 Å². The molecule has 2 aliphatic carbocycles. The Balaban J connectivity index is 0.842. The quantitative estimate of drug-likeness (QED) is 0.152. The summed E-state index contributed by atoms with van der Waals surface area (Å²) in [5.74, 6) is 0. The largest absolute Gasteiger partial charge is 0.455 e. The Morgan fingerprint density at radius 3 is 1.88 bits per heavy atom. The molecule has 0 bridgehead atoms. The molecule has 2 aromatic heterocycles. The highest BCUT2D eigenvalue weighted by atomic mass is 16.3. The molecular formula is C71H50N2O2. The van der Waals surface area contributed by atoms with E-state index in [1.165, 1.54) is 44.2 Å². The number of fused-ring (bicyclic) bond motifs is 14. The van der Waals surface area contributed by atoms with E-state index < -0.39 is 0 Å². The summed E-state index contributed by atoms with van der Waals surface area (Å²) < 4.78 is 13.8. The van der Waals surface area contributed by atoms with Gasteiger partial charge >= 0.3 is 0 Å². The van der Waals surface area contributed by atoms with Crippen molar-refractivity contribution in [2.24, 2.45) is 0 Å². The number of benzene rings is 11. The third kappa shape index (κ3) is 6.76. The average Bonchev–Trinajstić information content (AvgIpc) is 4.17. The van der Waals surface area contributed by atoms with Crippen molar-refractivity contribution in [3.05, 3.63) is 259 Å². The summed E-state index contributed by atoms with van der Waals surface area (Å²) in [6, 6.07) is 83.4. The second kappa shape index (κ2) is 16.8. The number of anilines is 6. The fourth-order valence-corrected chi connectivity index (χ4v) is 12.5. The van der Waals surface area contributed by atoms with E-state index in [1.807, 2.05) is 6.07 Å². The smallest absolute Gasteiger partial charge is 0.159 e. The van der Waals surface area contributed by atoms with E-state index in [0.29, 0.717) is 0 Å². The van der Waals surface area contributed by atoms with Crippen LogP contribution in [0.1, 0.15) is 42.5 Å². The molecule has 356 valence electrons. The van der Waals surface area contributed by atoms with Crippen molar-refractivity contribution in [1.82, 2.24) is 0 Å². The Hall–Kier alpha value is -9.38. The van der Waals surface area contributed by atoms with Crippen molar-refractivity contribution in [3.8, 4) is 33.4 Å². The summed E-state index contributed by atoms with van der Waals surface area (Å²) in [4.78, 5) is 4.73. The van der Waals surface area contributed by atoms with E-state index in [1.54, 1.807) is 0 Å². The molecule has 15 rings (SSSR count). The van der Waals surface area contributed by atoms with Crippen LogP contribution in [0, 0.1) is 0 Å². The maximum Gasteiger partial charge on any atom is 0.159 e. The summed E-state index contributed by atoms with van der Waals surface area (Å²) in [6.45, 7) is 4.70. The first kappa shape index (κ1) is 43.2. The van der Waals surface area contributed by atoms with E-state index in [0.717, 1.165) is 113 Å². The van der Waals surface area contributed by atoms with Crippen LogP contribution >= 0.6 is 0 Å². The molecular weight excluding hydrogens is 913 g/mol. The lowest BCUT2D eigenvalue weighted by molar-refractivity contribution is 0.660. The lowest BCUT2D eigenvalue weighted by Crippen LogP contribution is -2.16. The number of hydrogen-bond donors (Lipinski definition) is 0. The first-order valence-corrected chi connectivity index (χ1v) is 26.1. The molecule has 0 radical (unpaired) electrons. The van der Waals surface area contributed by atoms with Crippen LogP contribution in [-0.2, 0) is 11.8 Å². The monoisotopic (exact) mass is 962 g/mol. The number of aryl methyl sites for hydroxylation is 1. The summed E-state index contributed by atoms with van der Waals surface area (Å²) in [7, 11) is 0. The number of nitrogens with zero attached hydrogens (tertiary/aromatic N) is 2. The first-order valence-electron chi connectivity index (χ1n) is 26.1. The van der Waals surface area contributed by atoms with Crippen LogP contribution in [-0.4, -0.2) is 0 Å². The summed E-state index contributed by atoms with van der Waals surface area (Å²) in [6.07, 6.45) is 6.61. The predicted octanol–water partition coefficient (Wildman–Crippen LogP) is 20.2. The lowest BCUT2D eigenvalue weighted by atomic mass is 9.82. The molecule has 0 saturated carbocycles. The number of allylic oxidation sites excluding steroid dienone is 1. The highest BCUT2D eigenvalue weighted by Gasteiger charge is 2.36. The Morgan fingerprint density at radius 1 is 0.387 bits per heavy atom. The number of para-hydroxylation sites is 4. The van der Waals surface area contributed by atoms with Crippen LogP contribution in [0.15, 0.2) is 245 Å². The molecule has 2 aliphatic rings. The zero-order valence-corrected chi connectivity index (χ0v) is 41.7. The molecule has 0 unspecified atom stereocenters. The van der Waals surface area contributed by atoms with Gasteiger partial charge < -0.3 is 18.6 Å². The van der Waals surface area contributed by atoms with Gasteiger partial charge in [0.25, 0.3) is 0 Å². The molecule has 0 atom stereocenters. The van der Waals surface area contributed by atoms with Gasteiger partial charge in [-0.25, -0.2) is 0 Å². The van der Waals surface area contributed by atoms with Crippen LogP contribution in [0.4, 0.5) is 34.1 Å². The third-order valence-electron chi connectivity index (χ3n) is 16.1. The maximum absolute atomic E-state index is 7.14. The fraction of sp³-hybridized carbons (Fsp3) is 0.0704. The zero-order chi connectivity index (χ0) is 49.8. The second-order valence-electron chi connectivity index (χ2n) is 20.7. The molecule has 0 fully saturated rings. The molecule has 13 aromatic rings. The standard InChI is InChI=1S/C71H50N2O2/c1-71(2)62-28-14-11-24-54(62)55-40-37-50(43-63(55)71)72(48-20-7-4-8-21-48)51-38-41-60-67(44-51)75-70-59-39-34-47(42-61(59)53-23-9-10-26-57(53)68(60)70)45-32-35-49(36-33-45)73(64-29-15-12-22-52(64)46-18-5-3-6-19-46)65-30-17-27-58-56-25-13-16-31-66(56)74-69(58)65/h3-9,11-25,27-44H,10,26H2,1-2H3. The number of hydrogen-bond acceptors (Lipinski definition) is 4. The highest BCUT2D eigenvalue weighted by molar-refractivity contribution is 6.20. The maximum atomic E-state index is 7.14. The van der Waals surface area contributed by atoms with E-state index in [2.05, 4.69) is 260 Å². The van der Waals surface area contributed by atoms with Crippen LogP contribution in [0.5, 0.6) is 0 Å². The minimum Gasteiger partial charge on any atom is -0.455 e. The van der Waals surface area contributed by atoms with Crippen LogP contribution in [0.3, 0.4) is 0 Å². The van der Waals surface area contributed by atoms with E-state index in [9.17, 15) is 0 Å². The molecule has 0 aliphatic heterocycles. The minimum atomic E-state index is -0.117. The van der Waals surface area contributed by atoms with Gasteiger partial charge in [-0.15, -0.1) is 0 Å². The predicted molar refractivity (Wildman–Crippen MR) is 314 cm³/mol. The normalized spacial score (nSPS) is 13.4. The Labute approximate surface area is 435 Å². The fourth-order valence-electron chi connectivity index (χ4n) is 12.5. The zero-order valence-electron chi connectivity index (χ0n) is 41.7. The van der Waals surface area contributed by atoms with Gasteiger partial charge in [0.15, 0.2) is 5.58 Å². The topological polar surface area (TPSA) is 32.8 Å². The van der Waals surface area contributed by atoms with Gasteiger partial charge in [-0.3, -0.25) is 0 Å². The molecule has 4 heteroatoms. The molecule has 2 heterocycles. The van der Waals surface area contributed by atoms with Crippen molar-refractivity contribution in [2.45, 2.75) is 32.1 Å². The first-order chi connectivity index (χ1) is 37.0. The SMILES string of the molecule is CC1(C)c2ccccc2-c2ccc(N(c3ccccc3)c3ccc4c(c3)oc3c5ccc(-c6ccc(N(c7ccccc7-c7ccccc7)c7cccc8c7oc7ccccc78)cc6)cc5c5c(c43)CCC=C5)cc21. The van der Waals surface area contributed by atoms with Crippen molar-refractivity contribution >= 4 is 94.8 Å². The second-order valence-corrected chi connectivity index (χ2v) is 20.7.